The predicted octanol–water partition coefficient (Wildman–Crippen LogP) is 8.33. The van der Waals surface area contributed by atoms with Gasteiger partial charge in [0.25, 0.3) is 0 Å². The summed E-state index contributed by atoms with van der Waals surface area (Å²) >= 11 is 0. The first-order valence-corrected chi connectivity index (χ1v) is 19.3. The highest BCUT2D eigenvalue weighted by Crippen LogP contribution is 2.45. The van der Waals surface area contributed by atoms with E-state index in [1.54, 1.807) is 36.4 Å². The van der Waals surface area contributed by atoms with Gasteiger partial charge in [0, 0.05) is 62.1 Å². The van der Waals surface area contributed by atoms with Gasteiger partial charge in [-0.05, 0) is 133 Å². The van der Waals surface area contributed by atoms with E-state index in [-0.39, 0.29) is 49.3 Å². The van der Waals surface area contributed by atoms with Gasteiger partial charge in [0.1, 0.15) is 17.2 Å². The number of halogens is 1. The molecule has 0 spiro atoms. The Kier molecular flexibility index (Phi) is 9.12. The van der Waals surface area contributed by atoms with E-state index in [9.17, 15) is 15.3 Å². The van der Waals surface area contributed by atoms with E-state index >= 15 is 0 Å². The fraction of sp³-hybridized carbons (Fsp3) is 0.625. The third-order valence-corrected chi connectivity index (χ3v) is 11.7. The summed E-state index contributed by atoms with van der Waals surface area (Å²) in [4.78, 5) is 1.39. The van der Waals surface area contributed by atoms with Gasteiger partial charge in [-0.2, -0.15) is 0 Å². The Morgan fingerprint density at radius 3 is 1.05 bits per heavy atom. The SMILES string of the molecule is Cl.[2H]C([2H])([2H])Oc1cccc(C2(O)CCCCC2CN(C([2H])([2H])[2H])C([2H])([2H])[2H])c1.[2H]C([2H])([2H])Oc1cccc([C@]2(O)CCCC[C@H]2CN(C([2H])([2H])[2H])C([2H])([2H])[2H])c1.[2H]C([2H])([2H])Oc1cccc([C@]2(O)CCCC[C@H]2CN(C([2H])([2H])[2H])C([2H])([2H])[2H])c1. The van der Waals surface area contributed by atoms with Crippen molar-refractivity contribution in [2.24, 2.45) is 17.8 Å². The molecule has 6 rings (SSSR count). The molecule has 3 aromatic rings. The largest absolute Gasteiger partial charge is 0.497 e. The molecule has 0 amide bonds. The minimum absolute atomic E-state index is 0. The van der Waals surface area contributed by atoms with Crippen LogP contribution in [0.4, 0.5) is 0 Å². The number of nitrogens with zero attached hydrogens (tertiary/aromatic N) is 3. The zero-order valence-corrected chi connectivity index (χ0v) is 33.4. The highest BCUT2D eigenvalue weighted by Gasteiger charge is 2.42. The van der Waals surface area contributed by atoms with E-state index in [1.807, 2.05) is 0 Å². The molecule has 2 unspecified atom stereocenters. The number of aliphatic hydroxyl groups is 3. The van der Waals surface area contributed by atoms with Crippen LogP contribution in [-0.4, -0.2) is 113 Å². The first-order chi connectivity index (χ1) is 37.9. The molecule has 3 saturated carbocycles. The maximum atomic E-state index is 11.4. The molecule has 0 aliphatic heterocycles. The average molecular weight is 854 g/mol. The summed E-state index contributed by atoms with van der Waals surface area (Å²) in [5.41, 5.74) is -3.30. The Labute approximate surface area is 395 Å². The number of rotatable bonds is 12. The van der Waals surface area contributed by atoms with Crippen LogP contribution >= 0.6 is 12.4 Å². The van der Waals surface area contributed by atoms with E-state index in [2.05, 4.69) is 0 Å². The Morgan fingerprint density at radius 1 is 0.500 bits per heavy atom. The summed E-state index contributed by atoms with van der Waals surface area (Å²) in [7, 11) is -7.94. The van der Waals surface area contributed by atoms with Crippen molar-refractivity contribution in [3.63, 3.8) is 0 Å². The average Bonchev–Trinajstić information content (AvgIpc) is 3.53. The van der Waals surface area contributed by atoms with Gasteiger partial charge in [0.15, 0.2) is 0 Å². The molecular weight excluding hydrogens is 750 g/mol. The molecule has 0 radical (unpaired) electrons. The minimum Gasteiger partial charge on any atom is -0.497 e. The van der Waals surface area contributed by atoms with Gasteiger partial charge in [0.2, 0.25) is 0 Å². The molecule has 3 aliphatic rings. The first-order valence-electron chi connectivity index (χ1n) is 32.8. The van der Waals surface area contributed by atoms with Crippen LogP contribution < -0.4 is 14.2 Å². The molecule has 0 aromatic heterocycles. The van der Waals surface area contributed by atoms with Gasteiger partial charge in [0.05, 0.1) is 50.3 Å². The second kappa shape index (κ2) is 23.2. The molecular formula is C48H76ClN3O6. The molecule has 3 aliphatic carbocycles. The lowest BCUT2D eigenvalue weighted by Crippen LogP contribution is -2.43. The molecule has 326 valence electrons. The highest BCUT2D eigenvalue weighted by molar-refractivity contribution is 5.85. The van der Waals surface area contributed by atoms with E-state index in [1.165, 1.54) is 36.4 Å². The monoisotopic (exact) mass is 853 g/mol. The molecule has 3 N–H and O–H groups in total. The van der Waals surface area contributed by atoms with Crippen LogP contribution in [0.25, 0.3) is 0 Å². The van der Waals surface area contributed by atoms with Crippen molar-refractivity contribution in [1.82, 2.24) is 14.7 Å². The van der Waals surface area contributed by atoms with Crippen LogP contribution in [0, 0.1) is 17.8 Å². The fourth-order valence-corrected chi connectivity index (χ4v) is 8.70. The van der Waals surface area contributed by atoms with Gasteiger partial charge in [-0.1, -0.05) is 74.9 Å². The quantitative estimate of drug-likeness (QED) is 0.166. The van der Waals surface area contributed by atoms with Crippen LogP contribution in [0.1, 0.15) is 131 Å². The Hall–Kier alpha value is -2.89. The van der Waals surface area contributed by atoms with Crippen molar-refractivity contribution in [3.8, 4) is 17.2 Å². The zero-order chi connectivity index (χ0) is 64.1. The molecule has 58 heavy (non-hydrogen) atoms. The second-order valence-corrected chi connectivity index (χ2v) is 15.3. The Bertz CT molecular complexity index is 2250. The Morgan fingerprint density at radius 2 is 0.793 bits per heavy atom. The number of ether oxygens (including phenoxy) is 3. The van der Waals surface area contributed by atoms with Crippen LogP contribution in [0.5, 0.6) is 17.2 Å². The third-order valence-electron chi connectivity index (χ3n) is 11.7. The summed E-state index contributed by atoms with van der Waals surface area (Å²) in [6, 6.07) is 18.1. The molecule has 3 fully saturated rings. The molecule has 9 nitrogen and oxygen atoms in total. The van der Waals surface area contributed by atoms with Crippen LogP contribution in [0.3, 0.4) is 0 Å². The van der Waals surface area contributed by atoms with Crippen LogP contribution in [-0.2, 0) is 16.8 Å². The smallest absolute Gasteiger partial charge is 0.119 e. The summed E-state index contributed by atoms with van der Waals surface area (Å²) < 4.78 is 216. The van der Waals surface area contributed by atoms with E-state index in [0.29, 0.717) is 89.2 Å². The lowest BCUT2D eigenvalue weighted by Gasteiger charge is -2.41. The van der Waals surface area contributed by atoms with Gasteiger partial charge in [-0.15, -0.1) is 12.4 Å². The summed E-state index contributed by atoms with van der Waals surface area (Å²) in [5, 5.41) is 34.2. The molecule has 6 atom stereocenters. The predicted molar refractivity (Wildman–Crippen MR) is 239 cm³/mol. The minimum atomic E-state index is -2.84. The number of hydrogen-bond donors (Lipinski definition) is 3. The van der Waals surface area contributed by atoms with Gasteiger partial charge in [-0.25, -0.2) is 0 Å². The Balaban J connectivity index is 0.000000332. The van der Waals surface area contributed by atoms with E-state index in [0.717, 1.165) is 19.3 Å². The topological polar surface area (TPSA) is 98.1 Å². The van der Waals surface area contributed by atoms with Crippen molar-refractivity contribution in [1.29, 1.82) is 0 Å². The summed E-state index contributed by atoms with van der Waals surface area (Å²) in [5.74, 6) is -1.78. The van der Waals surface area contributed by atoms with Gasteiger partial charge in [-0.3, -0.25) is 0 Å². The van der Waals surface area contributed by atoms with Crippen molar-refractivity contribution in [2.75, 3.05) is 82.6 Å². The first kappa shape index (κ1) is 22.8. The number of hydrogen-bond acceptors (Lipinski definition) is 9. The fourth-order valence-electron chi connectivity index (χ4n) is 8.70. The van der Waals surface area contributed by atoms with Crippen molar-refractivity contribution in [3.05, 3.63) is 89.5 Å². The molecule has 0 bridgehead atoms. The highest BCUT2D eigenvalue weighted by atomic mass is 35.5. The maximum Gasteiger partial charge on any atom is 0.119 e. The lowest BCUT2D eigenvalue weighted by atomic mass is 9.71. The van der Waals surface area contributed by atoms with Crippen molar-refractivity contribution in [2.45, 2.75) is 93.9 Å². The van der Waals surface area contributed by atoms with Crippen molar-refractivity contribution < 1.29 is 66.5 Å². The maximum absolute atomic E-state index is 11.4. The number of benzene rings is 3. The second-order valence-electron chi connectivity index (χ2n) is 15.3. The zero-order valence-electron chi connectivity index (χ0n) is 59.6. The van der Waals surface area contributed by atoms with Crippen molar-refractivity contribution >= 4 is 12.4 Å². The summed E-state index contributed by atoms with van der Waals surface area (Å²) in [6.07, 6.45) is 6.50. The van der Waals surface area contributed by atoms with Crippen LogP contribution in [0.2, 0.25) is 0 Å². The van der Waals surface area contributed by atoms with E-state index < -0.39 is 97.5 Å². The molecule has 3 aromatic carbocycles. The molecule has 10 heteroatoms. The molecule has 0 saturated heterocycles. The number of methoxy groups -OCH3 is 3. The standard InChI is InChI=1S/3C16H25NO2.ClH/c3*1-17(2)12-14-7-4-5-10-16(14,18)13-8-6-9-15(11-13)19-3;/h3*6,8-9,11,14,18H,4-5,7,10,12H2,1-3H3;1H/t2*14-,16+;;/m00../s1/i3*1D3,2D3,3D3;. The van der Waals surface area contributed by atoms with Gasteiger partial charge < -0.3 is 44.2 Å². The third kappa shape index (κ3) is 13.1. The van der Waals surface area contributed by atoms with Crippen LogP contribution in [0.15, 0.2) is 72.8 Å². The lowest BCUT2D eigenvalue weighted by molar-refractivity contribution is -0.0621. The normalized spacial score (nSPS) is 35.9. The van der Waals surface area contributed by atoms with Gasteiger partial charge >= 0.3 is 0 Å². The molecule has 0 heterocycles. The summed E-state index contributed by atoms with van der Waals surface area (Å²) in [6.45, 7) is -18.0. The van der Waals surface area contributed by atoms with E-state index in [4.69, 9.17) is 51.2 Å².